The highest BCUT2D eigenvalue weighted by molar-refractivity contribution is 5.37. The minimum Gasteiger partial charge on any atom is -0.309 e. The van der Waals surface area contributed by atoms with Gasteiger partial charge >= 0.3 is 0 Å². The number of hydrogen-bond donors (Lipinski definition) is 1. The second-order valence-electron chi connectivity index (χ2n) is 4.89. The molecule has 1 unspecified atom stereocenters. The van der Waals surface area contributed by atoms with E-state index in [4.69, 9.17) is 0 Å². The maximum Gasteiger partial charge on any atom is 0.196 e. The number of nitrogens with one attached hydrogen (secondary N) is 1. The first-order valence-corrected chi connectivity index (χ1v) is 6.58. The molecule has 20 heavy (non-hydrogen) atoms. The van der Waals surface area contributed by atoms with Crippen LogP contribution in [0.5, 0.6) is 0 Å². The lowest BCUT2D eigenvalue weighted by molar-refractivity contribution is 0.399. The molecule has 6 heteroatoms. The van der Waals surface area contributed by atoms with Crippen LogP contribution in [0.3, 0.4) is 0 Å². The monoisotopic (exact) mass is 281 g/mol. The molecule has 1 saturated heterocycles. The number of halogens is 3. The first-order chi connectivity index (χ1) is 9.68. The molecule has 1 aliphatic heterocycles. The number of rotatable bonds is 2. The van der Waals surface area contributed by atoms with Crippen LogP contribution in [0.4, 0.5) is 13.2 Å². The van der Waals surface area contributed by atoms with Gasteiger partial charge in [0, 0.05) is 6.04 Å². The summed E-state index contributed by atoms with van der Waals surface area (Å²) in [5, 5.41) is 3.33. The standard InChI is InChI=1S/C14H14F3N3/c15-9-4-5-11(14(17)13(9)16)20-8-18-7-12(20)10-3-1-2-6-19-10/h4-5,7-8,10,19H,1-3,6H2. The number of hydrogen-bond acceptors (Lipinski definition) is 2. The molecule has 1 aromatic carbocycles. The Bertz CT molecular complexity index is 618. The van der Waals surface area contributed by atoms with Crippen LogP contribution in [-0.4, -0.2) is 16.1 Å². The average molecular weight is 281 g/mol. The van der Waals surface area contributed by atoms with Gasteiger partial charge in [-0.15, -0.1) is 0 Å². The van der Waals surface area contributed by atoms with Crippen molar-refractivity contribution in [3.63, 3.8) is 0 Å². The third-order valence-corrected chi connectivity index (χ3v) is 3.61. The van der Waals surface area contributed by atoms with E-state index in [1.54, 1.807) is 6.20 Å². The second-order valence-corrected chi connectivity index (χ2v) is 4.89. The lowest BCUT2D eigenvalue weighted by Gasteiger charge is -2.24. The van der Waals surface area contributed by atoms with Gasteiger partial charge in [-0.1, -0.05) is 6.42 Å². The van der Waals surface area contributed by atoms with E-state index in [1.165, 1.54) is 17.0 Å². The van der Waals surface area contributed by atoms with Crippen molar-refractivity contribution in [2.75, 3.05) is 6.54 Å². The first-order valence-electron chi connectivity index (χ1n) is 6.58. The molecule has 1 fully saturated rings. The van der Waals surface area contributed by atoms with Crippen LogP contribution in [0, 0.1) is 17.5 Å². The fourth-order valence-corrected chi connectivity index (χ4v) is 2.57. The Labute approximate surface area is 114 Å². The second kappa shape index (κ2) is 5.28. The fourth-order valence-electron chi connectivity index (χ4n) is 2.57. The van der Waals surface area contributed by atoms with Gasteiger partial charge in [0.2, 0.25) is 0 Å². The minimum absolute atomic E-state index is 0.0243. The van der Waals surface area contributed by atoms with Gasteiger partial charge in [0.25, 0.3) is 0 Å². The molecule has 106 valence electrons. The molecule has 3 rings (SSSR count). The van der Waals surface area contributed by atoms with E-state index in [0.29, 0.717) is 0 Å². The Morgan fingerprint density at radius 2 is 2.00 bits per heavy atom. The van der Waals surface area contributed by atoms with Gasteiger partial charge in [-0.2, -0.15) is 0 Å². The molecule has 1 aliphatic rings. The molecule has 0 aliphatic carbocycles. The molecular weight excluding hydrogens is 267 g/mol. The number of piperidine rings is 1. The van der Waals surface area contributed by atoms with Crippen molar-refractivity contribution in [2.45, 2.75) is 25.3 Å². The van der Waals surface area contributed by atoms with Crippen molar-refractivity contribution in [3.05, 3.63) is 47.8 Å². The summed E-state index contributed by atoms with van der Waals surface area (Å²) >= 11 is 0. The zero-order chi connectivity index (χ0) is 14.1. The topological polar surface area (TPSA) is 29.9 Å². The van der Waals surface area contributed by atoms with Crippen molar-refractivity contribution < 1.29 is 13.2 Å². The smallest absolute Gasteiger partial charge is 0.196 e. The maximum absolute atomic E-state index is 13.9. The van der Waals surface area contributed by atoms with Gasteiger partial charge in [-0.3, -0.25) is 4.57 Å². The van der Waals surface area contributed by atoms with Crippen molar-refractivity contribution in [3.8, 4) is 5.69 Å². The van der Waals surface area contributed by atoms with Crippen LogP contribution in [0.1, 0.15) is 31.0 Å². The van der Waals surface area contributed by atoms with Gasteiger partial charge in [0.1, 0.15) is 0 Å². The largest absolute Gasteiger partial charge is 0.309 e. The Morgan fingerprint density at radius 1 is 1.15 bits per heavy atom. The van der Waals surface area contributed by atoms with Crippen molar-refractivity contribution in [1.29, 1.82) is 0 Å². The quantitative estimate of drug-likeness (QED) is 0.857. The van der Waals surface area contributed by atoms with Crippen LogP contribution in [-0.2, 0) is 0 Å². The van der Waals surface area contributed by atoms with E-state index in [2.05, 4.69) is 10.3 Å². The predicted octanol–water partition coefficient (Wildman–Crippen LogP) is 3.10. The molecule has 3 nitrogen and oxygen atoms in total. The molecule has 0 amide bonds. The number of nitrogens with zero attached hydrogens (tertiary/aromatic N) is 2. The lowest BCUT2D eigenvalue weighted by Crippen LogP contribution is -2.28. The van der Waals surface area contributed by atoms with Gasteiger partial charge in [0.05, 0.1) is 23.9 Å². The predicted molar refractivity (Wildman–Crippen MR) is 68.0 cm³/mol. The van der Waals surface area contributed by atoms with Crippen LogP contribution >= 0.6 is 0 Å². The highest BCUT2D eigenvalue weighted by atomic mass is 19.2. The summed E-state index contributed by atoms with van der Waals surface area (Å²) in [4.78, 5) is 4.01. The Balaban J connectivity index is 2.03. The summed E-state index contributed by atoms with van der Waals surface area (Å²) in [7, 11) is 0. The lowest BCUT2D eigenvalue weighted by atomic mass is 10.0. The maximum atomic E-state index is 13.9. The fraction of sp³-hybridized carbons (Fsp3) is 0.357. The van der Waals surface area contributed by atoms with Crippen molar-refractivity contribution >= 4 is 0 Å². The third-order valence-electron chi connectivity index (χ3n) is 3.61. The van der Waals surface area contributed by atoms with Gasteiger partial charge in [-0.25, -0.2) is 18.2 Å². The van der Waals surface area contributed by atoms with E-state index < -0.39 is 17.5 Å². The molecule has 1 N–H and O–H groups in total. The molecule has 0 radical (unpaired) electrons. The molecule has 0 bridgehead atoms. The molecular formula is C14H14F3N3. The van der Waals surface area contributed by atoms with Crippen LogP contribution in [0.15, 0.2) is 24.7 Å². The Kier molecular flexibility index (Phi) is 3.48. The Hall–Kier alpha value is -1.82. The molecule has 0 saturated carbocycles. The van der Waals surface area contributed by atoms with E-state index in [-0.39, 0.29) is 11.7 Å². The SMILES string of the molecule is Fc1ccc(-n2cncc2C2CCCCN2)c(F)c1F. The van der Waals surface area contributed by atoms with Crippen molar-refractivity contribution in [1.82, 2.24) is 14.9 Å². The van der Waals surface area contributed by atoms with Gasteiger partial charge < -0.3 is 5.32 Å². The highest BCUT2D eigenvalue weighted by Gasteiger charge is 2.22. The number of imidazole rings is 1. The molecule has 0 spiro atoms. The van der Waals surface area contributed by atoms with E-state index in [0.717, 1.165) is 37.6 Å². The number of benzene rings is 1. The normalized spacial score (nSPS) is 19.2. The highest BCUT2D eigenvalue weighted by Crippen LogP contribution is 2.27. The van der Waals surface area contributed by atoms with E-state index in [9.17, 15) is 13.2 Å². The zero-order valence-corrected chi connectivity index (χ0v) is 10.7. The van der Waals surface area contributed by atoms with E-state index >= 15 is 0 Å². The average Bonchev–Trinajstić information content (AvgIpc) is 2.95. The van der Waals surface area contributed by atoms with Crippen LogP contribution in [0.25, 0.3) is 5.69 Å². The summed E-state index contributed by atoms with van der Waals surface area (Å²) in [6.45, 7) is 0.885. The summed E-state index contributed by atoms with van der Waals surface area (Å²) in [5.74, 6) is -3.84. The third kappa shape index (κ3) is 2.20. The molecule has 2 aromatic rings. The molecule has 1 atom stereocenters. The number of aromatic nitrogens is 2. The summed E-state index contributed by atoms with van der Waals surface area (Å²) < 4.78 is 41.7. The Morgan fingerprint density at radius 3 is 2.75 bits per heavy atom. The van der Waals surface area contributed by atoms with Gasteiger partial charge in [-0.05, 0) is 31.5 Å². The summed E-state index contributed by atoms with van der Waals surface area (Å²) in [6, 6.07) is 2.20. The first kappa shape index (κ1) is 13.2. The summed E-state index contributed by atoms with van der Waals surface area (Å²) in [6.07, 6.45) is 6.13. The zero-order valence-electron chi connectivity index (χ0n) is 10.7. The summed E-state index contributed by atoms with van der Waals surface area (Å²) in [5.41, 5.74) is 0.735. The van der Waals surface area contributed by atoms with Gasteiger partial charge in [0.15, 0.2) is 17.5 Å². The van der Waals surface area contributed by atoms with Crippen molar-refractivity contribution in [2.24, 2.45) is 0 Å². The minimum atomic E-state index is -1.46. The van der Waals surface area contributed by atoms with Crippen LogP contribution in [0.2, 0.25) is 0 Å². The molecule has 2 heterocycles. The molecule has 1 aromatic heterocycles. The van der Waals surface area contributed by atoms with Crippen LogP contribution < -0.4 is 5.32 Å². The van der Waals surface area contributed by atoms with E-state index in [1.807, 2.05) is 0 Å².